The maximum absolute atomic E-state index is 12.1. The van der Waals surface area contributed by atoms with Gasteiger partial charge in [0.1, 0.15) is 0 Å². The number of likely N-dealkylation sites (tertiary alicyclic amines) is 1. The van der Waals surface area contributed by atoms with E-state index in [1.165, 1.54) is 18.9 Å². The maximum Gasteiger partial charge on any atom is 0.310 e. The molecule has 1 atom stereocenters. The lowest BCUT2D eigenvalue weighted by Crippen LogP contribution is -2.22. The highest BCUT2D eigenvalue weighted by Crippen LogP contribution is 2.23. The van der Waals surface area contributed by atoms with E-state index in [9.17, 15) is 14.7 Å². The minimum absolute atomic E-state index is 0.276. The van der Waals surface area contributed by atoms with Crippen LogP contribution in [0.5, 0.6) is 0 Å². The quantitative estimate of drug-likeness (QED) is 0.432. The summed E-state index contributed by atoms with van der Waals surface area (Å²) in [4.78, 5) is 26.2. The molecule has 2 aromatic carbocycles. The average molecular weight is 408 g/mol. The van der Waals surface area contributed by atoms with Crippen molar-refractivity contribution >= 4 is 29.3 Å². The normalized spacial score (nSPS) is 15.3. The Morgan fingerprint density at radius 1 is 1.10 bits per heavy atom. The second kappa shape index (κ2) is 10.6. The summed E-state index contributed by atoms with van der Waals surface area (Å²) in [5.74, 6) is -1.57. The first-order chi connectivity index (χ1) is 14.5. The molecule has 1 aliphatic rings. The van der Waals surface area contributed by atoms with Gasteiger partial charge in [-0.25, -0.2) is 0 Å². The SMILES string of the molecule is Nc1ccccc1NC(=O)/C=C/c1ccc(C(CCCN2CCCC2)C(=O)O)cc1. The number of amides is 1. The van der Waals surface area contributed by atoms with Crippen molar-refractivity contribution in [3.05, 3.63) is 65.7 Å². The number of rotatable bonds is 9. The van der Waals surface area contributed by atoms with Crippen LogP contribution >= 0.6 is 0 Å². The predicted molar refractivity (Wildman–Crippen MR) is 120 cm³/mol. The van der Waals surface area contributed by atoms with Crippen molar-refractivity contribution in [1.29, 1.82) is 0 Å². The number of benzene rings is 2. The lowest BCUT2D eigenvalue weighted by Gasteiger charge is -2.17. The molecule has 0 radical (unpaired) electrons. The fourth-order valence-corrected chi connectivity index (χ4v) is 3.75. The van der Waals surface area contributed by atoms with Gasteiger partial charge < -0.3 is 21.1 Å². The van der Waals surface area contributed by atoms with Gasteiger partial charge in [-0.05, 0) is 74.7 Å². The standard InChI is InChI=1S/C24H29N3O3/c25-21-7-1-2-8-22(21)26-23(28)14-11-18-9-12-19(13-10-18)20(24(29)30)6-5-17-27-15-3-4-16-27/h1-2,7-14,20H,3-6,15-17,25H2,(H,26,28)(H,29,30)/b14-11+. The summed E-state index contributed by atoms with van der Waals surface area (Å²) in [5, 5.41) is 12.4. The number of anilines is 2. The van der Waals surface area contributed by atoms with Gasteiger partial charge in [-0.2, -0.15) is 0 Å². The number of aliphatic carboxylic acids is 1. The van der Waals surface area contributed by atoms with Crippen molar-refractivity contribution in [3.63, 3.8) is 0 Å². The van der Waals surface area contributed by atoms with E-state index in [0.29, 0.717) is 17.8 Å². The van der Waals surface area contributed by atoms with E-state index in [2.05, 4.69) is 10.2 Å². The highest BCUT2D eigenvalue weighted by atomic mass is 16.4. The molecule has 1 saturated heterocycles. The number of hydrogen-bond donors (Lipinski definition) is 3. The number of carbonyl (C=O) groups is 2. The summed E-state index contributed by atoms with van der Waals surface area (Å²) < 4.78 is 0. The third kappa shape index (κ3) is 6.19. The highest BCUT2D eigenvalue weighted by molar-refractivity contribution is 6.03. The summed E-state index contributed by atoms with van der Waals surface area (Å²) >= 11 is 0. The van der Waals surface area contributed by atoms with Gasteiger partial charge >= 0.3 is 5.97 Å². The van der Waals surface area contributed by atoms with Crippen LogP contribution in [-0.4, -0.2) is 41.5 Å². The first-order valence-corrected chi connectivity index (χ1v) is 10.4. The van der Waals surface area contributed by atoms with Gasteiger partial charge in [-0.3, -0.25) is 9.59 Å². The van der Waals surface area contributed by atoms with E-state index < -0.39 is 11.9 Å². The van der Waals surface area contributed by atoms with Gasteiger partial charge in [0.15, 0.2) is 0 Å². The molecular formula is C24H29N3O3. The molecule has 0 aliphatic carbocycles. The lowest BCUT2D eigenvalue weighted by atomic mass is 9.93. The van der Waals surface area contributed by atoms with Crippen molar-refractivity contribution in [2.45, 2.75) is 31.6 Å². The van der Waals surface area contributed by atoms with Crippen molar-refractivity contribution in [2.75, 3.05) is 30.7 Å². The molecule has 1 amide bonds. The molecule has 0 spiro atoms. The third-order valence-corrected chi connectivity index (χ3v) is 5.45. The third-order valence-electron chi connectivity index (χ3n) is 5.45. The summed E-state index contributed by atoms with van der Waals surface area (Å²) in [7, 11) is 0. The van der Waals surface area contributed by atoms with Crippen molar-refractivity contribution in [3.8, 4) is 0 Å². The molecule has 2 aromatic rings. The smallest absolute Gasteiger partial charge is 0.310 e. The average Bonchev–Trinajstić information content (AvgIpc) is 3.25. The Morgan fingerprint density at radius 3 is 2.47 bits per heavy atom. The molecule has 1 unspecified atom stereocenters. The van der Waals surface area contributed by atoms with Crippen LogP contribution in [0.1, 0.15) is 42.7 Å². The van der Waals surface area contributed by atoms with E-state index >= 15 is 0 Å². The van der Waals surface area contributed by atoms with Crippen LogP contribution in [0.3, 0.4) is 0 Å². The van der Waals surface area contributed by atoms with Crippen LogP contribution in [0, 0.1) is 0 Å². The number of hydrogen-bond acceptors (Lipinski definition) is 4. The van der Waals surface area contributed by atoms with Crippen molar-refractivity contribution in [2.24, 2.45) is 0 Å². The number of nitrogen functional groups attached to an aromatic ring is 1. The molecule has 4 N–H and O–H groups in total. The first-order valence-electron chi connectivity index (χ1n) is 10.4. The maximum atomic E-state index is 12.1. The molecule has 6 heteroatoms. The number of carbonyl (C=O) groups excluding carboxylic acids is 1. The van der Waals surface area contributed by atoms with E-state index in [1.807, 2.05) is 24.3 Å². The van der Waals surface area contributed by atoms with Crippen LogP contribution in [-0.2, 0) is 9.59 Å². The molecule has 1 fully saturated rings. The van der Waals surface area contributed by atoms with Gasteiger partial charge in [-0.1, -0.05) is 36.4 Å². The van der Waals surface area contributed by atoms with E-state index in [4.69, 9.17) is 5.73 Å². The topological polar surface area (TPSA) is 95.7 Å². The zero-order valence-electron chi connectivity index (χ0n) is 17.1. The molecular weight excluding hydrogens is 378 g/mol. The van der Waals surface area contributed by atoms with E-state index in [-0.39, 0.29) is 5.91 Å². The van der Waals surface area contributed by atoms with Crippen LogP contribution in [0.4, 0.5) is 11.4 Å². The molecule has 6 nitrogen and oxygen atoms in total. The molecule has 30 heavy (non-hydrogen) atoms. The predicted octanol–water partition coefficient (Wildman–Crippen LogP) is 3.96. The summed E-state index contributed by atoms with van der Waals surface area (Å²) in [6.07, 6.45) is 7.12. The molecule has 158 valence electrons. The Bertz CT molecular complexity index is 887. The summed E-state index contributed by atoms with van der Waals surface area (Å²) in [5.41, 5.74) is 8.53. The number of nitrogens with two attached hydrogens (primary N) is 1. The fraction of sp³-hybridized carbons (Fsp3) is 0.333. The second-order valence-electron chi connectivity index (χ2n) is 7.66. The zero-order valence-corrected chi connectivity index (χ0v) is 17.1. The van der Waals surface area contributed by atoms with Gasteiger partial charge in [0.25, 0.3) is 0 Å². The van der Waals surface area contributed by atoms with Crippen molar-refractivity contribution in [1.82, 2.24) is 4.90 Å². The number of nitrogens with one attached hydrogen (secondary N) is 1. The Balaban J connectivity index is 1.55. The van der Waals surface area contributed by atoms with E-state index in [1.54, 1.807) is 30.3 Å². The summed E-state index contributed by atoms with van der Waals surface area (Å²) in [6.45, 7) is 3.22. The minimum Gasteiger partial charge on any atom is -0.481 e. The van der Waals surface area contributed by atoms with Crippen LogP contribution < -0.4 is 11.1 Å². The van der Waals surface area contributed by atoms with E-state index in [0.717, 1.165) is 37.2 Å². The van der Waals surface area contributed by atoms with Gasteiger partial charge in [0.05, 0.1) is 17.3 Å². The molecule has 3 rings (SSSR count). The Kier molecular flexibility index (Phi) is 7.63. The Hall–Kier alpha value is -3.12. The van der Waals surface area contributed by atoms with Crippen LogP contribution in [0.15, 0.2) is 54.6 Å². The Morgan fingerprint density at radius 2 is 1.80 bits per heavy atom. The van der Waals surface area contributed by atoms with Gasteiger partial charge in [0.2, 0.25) is 5.91 Å². The minimum atomic E-state index is -0.792. The number of para-hydroxylation sites is 2. The molecule has 0 bridgehead atoms. The molecule has 1 aliphatic heterocycles. The first kappa shape index (κ1) is 21.6. The largest absolute Gasteiger partial charge is 0.481 e. The molecule has 0 saturated carbocycles. The van der Waals surface area contributed by atoms with Crippen LogP contribution in [0.2, 0.25) is 0 Å². The van der Waals surface area contributed by atoms with Gasteiger partial charge in [-0.15, -0.1) is 0 Å². The second-order valence-corrected chi connectivity index (χ2v) is 7.66. The molecule has 1 heterocycles. The highest BCUT2D eigenvalue weighted by Gasteiger charge is 2.20. The van der Waals surface area contributed by atoms with Crippen LogP contribution in [0.25, 0.3) is 6.08 Å². The number of carboxylic acids is 1. The van der Waals surface area contributed by atoms with Gasteiger partial charge in [0, 0.05) is 6.08 Å². The number of nitrogens with zero attached hydrogens (tertiary/aromatic N) is 1. The summed E-state index contributed by atoms with van der Waals surface area (Å²) in [6, 6.07) is 14.4. The fourth-order valence-electron chi connectivity index (χ4n) is 3.75. The monoisotopic (exact) mass is 407 g/mol. The molecule has 0 aromatic heterocycles. The lowest BCUT2D eigenvalue weighted by molar-refractivity contribution is -0.139. The number of carboxylic acid groups (broad SMARTS) is 1. The zero-order chi connectivity index (χ0) is 21.3. The van der Waals surface area contributed by atoms with Crippen molar-refractivity contribution < 1.29 is 14.7 Å². The Labute approximate surface area is 177 Å².